The van der Waals surface area contributed by atoms with Crippen molar-refractivity contribution in [3.8, 4) is 0 Å². The van der Waals surface area contributed by atoms with Crippen LogP contribution in [0, 0.1) is 11.7 Å². The molecule has 0 amide bonds. The van der Waals surface area contributed by atoms with Gasteiger partial charge in [-0.05, 0) is 43.4 Å². The maximum Gasteiger partial charge on any atom is 0.303 e. The highest BCUT2D eigenvalue weighted by atomic mass is 32.2. The number of aromatic nitrogens is 3. The molecule has 2 aromatic rings. The number of carboxylic acid groups (broad SMARTS) is 1. The summed E-state index contributed by atoms with van der Waals surface area (Å²) in [5.74, 6) is -1.22. The van der Waals surface area contributed by atoms with E-state index in [9.17, 15) is 18.8 Å². The number of benzene rings is 1. The monoisotopic (exact) mass is 500 g/mol. The van der Waals surface area contributed by atoms with Crippen LogP contribution < -0.4 is 0 Å². The second-order valence-electron chi connectivity index (χ2n) is 9.08. The van der Waals surface area contributed by atoms with Crippen LogP contribution >= 0.6 is 11.8 Å². The Balaban J connectivity index is 1.58. The van der Waals surface area contributed by atoms with E-state index in [0.29, 0.717) is 43.7 Å². The minimum Gasteiger partial charge on any atom is -0.481 e. The minimum atomic E-state index is -0.857. The van der Waals surface area contributed by atoms with E-state index in [2.05, 4.69) is 10.3 Å². The minimum absolute atomic E-state index is 0.00591. The fraction of sp³-hybridized carbons (Fsp3) is 0.480. The zero-order chi connectivity index (χ0) is 24.9. The molecular formula is C25H29FN4O4S. The number of rotatable bonds is 10. The average molecular weight is 501 g/mol. The maximum atomic E-state index is 14.8. The third kappa shape index (κ3) is 6.64. The molecule has 1 saturated heterocycles. The first-order valence-electron chi connectivity index (χ1n) is 11.8. The van der Waals surface area contributed by atoms with Crippen LogP contribution in [0.15, 0.2) is 36.0 Å². The SMILES string of the molecule is CC(=O)SC1CCN(C(C(=O)C2CC2)c2ccccc2F)CC1=Cc1cn(CCCC(=O)O)nn1. The van der Waals surface area contributed by atoms with E-state index in [1.54, 1.807) is 29.1 Å². The molecule has 1 aliphatic heterocycles. The van der Waals surface area contributed by atoms with Crippen LogP contribution in [0.1, 0.15) is 56.3 Å². The number of ketones is 1. The van der Waals surface area contributed by atoms with E-state index in [1.165, 1.54) is 24.8 Å². The Kier molecular flexibility index (Phi) is 8.12. The number of aryl methyl sites for hydroxylation is 1. The first kappa shape index (κ1) is 25.2. The normalized spacial score (nSPS) is 20.6. The molecule has 35 heavy (non-hydrogen) atoms. The van der Waals surface area contributed by atoms with Gasteiger partial charge in [-0.3, -0.25) is 24.0 Å². The number of carbonyl (C=O) groups excluding carboxylic acids is 2. The van der Waals surface area contributed by atoms with Crippen molar-refractivity contribution < 1.29 is 23.9 Å². The van der Waals surface area contributed by atoms with Gasteiger partial charge < -0.3 is 5.11 Å². The Hall–Kier alpha value is -2.85. The van der Waals surface area contributed by atoms with Crippen molar-refractivity contribution >= 4 is 34.7 Å². The second-order valence-corrected chi connectivity index (χ2v) is 10.5. The largest absolute Gasteiger partial charge is 0.481 e. The number of Topliss-reactive ketones (excluding diaryl/α,β-unsaturated/α-hetero) is 1. The number of carboxylic acids is 1. The summed E-state index contributed by atoms with van der Waals surface area (Å²) < 4.78 is 16.4. The lowest BCUT2D eigenvalue weighted by atomic mass is 9.93. The molecule has 1 saturated carbocycles. The van der Waals surface area contributed by atoms with Crippen molar-refractivity contribution in [3.05, 3.63) is 53.1 Å². The van der Waals surface area contributed by atoms with E-state index in [1.807, 2.05) is 11.0 Å². The lowest BCUT2D eigenvalue weighted by molar-refractivity contribution is -0.137. The fourth-order valence-corrected chi connectivity index (χ4v) is 5.38. The number of thioether (sulfide) groups is 1. The summed E-state index contributed by atoms with van der Waals surface area (Å²) >= 11 is 1.25. The number of halogens is 1. The predicted octanol–water partition coefficient (Wildman–Crippen LogP) is 3.74. The third-order valence-electron chi connectivity index (χ3n) is 6.27. The highest BCUT2D eigenvalue weighted by Crippen LogP contribution is 2.40. The van der Waals surface area contributed by atoms with Gasteiger partial charge in [-0.15, -0.1) is 5.10 Å². The van der Waals surface area contributed by atoms with E-state index in [-0.39, 0.29) is 34.3 Å². The predicted molar refractivity (Wildman–Crippen MR) is 130 cm³/mol. The van der Waals surface area contributed by atoms with Crippen LogP contribution in [0.5, 0.6) is 0 Å². The standard InChI is InChI=1S/C25H29FN4O4S/c1-16(31)35-22-10-12-29(24(25(34)17-8-9-17)20-5-2-3-6-21(20)26)14-18(22)13-19-15-30(28-27-19)11-4-7-23(32)33/h2-3,5-6,13,15,17,22,24H,4,7-12,14H2,1H3,(H,32,33). The molecular weight excluding hydrogens is 471 g/mol. The lowest BCUT2D eigenvalue weighted by Crippen LogP contribution is -2.43. The van der Waals surface area contributed by atoms with E-state index < -0.39 is 12.0 Å². The molecule has 0 spiro atoms. The van der Waals surface area contributed by atoms with Gasteiger partial charge in [0, 0.05) is 49.7 Å². The smallest absolute Gasteiger partial charge is 0.303 e. The van der Waals surface area contributed by atoms with Crippen LogP contribution in [0.25, 0.3) is 6.08 Å². The molecule has 2 unspecified atom stereocenters. The van der Waals surface area contributed by atoms with E-state index >= 15 is 0 Å². The molecule has 8 nitrogen and oxygen atoms in total. The molecule has 4 rings (SSSR count). The fourth-order valence-electron chi connectivity index (χ4n) is 4.47. The third-order valence-corrected chi connectivity index (χ3v) is 7.42. The number of hydrogen-bond acceptors (Lipinski definition) is 7. The topological polar surface area (TPSA) is 105 Å². The molecule has 2 fully saturated rings. The molecule has 2 heterocycles. The Labute approximate surface area is 207 Å². The molecule has 1 aliphatic carbocycles. The maximum absolute atomic E-state index is 14.8. The molecule has 186 valence electrons. The van der Waals surface area contributed by atoms with Gasteiger partial charge in [0.25, 0.3) is 0 Å². The number of carbonyl (C=O) groups is 3. The molecule has 1 aromatic carbocycles. The van der Waals surface area contributed by atoms with E-state index in [0.717, 1.165) is 18.4 Å². The molecule has 0 radical (unpaired) electrons. The molecule has 2 atom stereocenters. The Morgan fingerprint density at radius 2 is 2.03 bits per heavy atom. The van der Waals surface area contributed by atoms with Gasteiger partial charge in [0.05, 0.1) is 12.2 Å². The van der Waals surface area contributed by atoms with Crippen molar-refractivity contribution in [2.24, 2.45) is 5.92 Å². The van der Waals surface area contributed by atoms with Crippen LogP contribution in [0.2, 0.25) is 0 Å². The van der Waals surface area contributed by atoms with Crippen LogP contribution in [0.4, 0.5) is 4.39 Å². The van der Waals surface area contributed by atoms with Crippen molar-refractivity contribution in [1.82, 2.24) is 19.9 Å². The van der Waals surface area contributed by atoms with Crippen LogP contribution in [-0.2, 0) is 20.9 Å². The van der Waals surface area contributed by atoms with Gasteiger partial charge in [-0.1, -0.05) is 35.2 Å². The summed E-state index contributed by atoms with van der Waals surface area (Å²) in [4.78, 5) is 38.0. The van der Waals surface area contributed by atoms with E-state index in [4.69, 9.17) is 5.11 Å². The molecule has 0 bridgehead atoms. The zero-order valence-electron chi connectivity index (χ0n) is 19.6. The van der Waals surface area contributed by atoms with Crippen LogP contribution in [-0.4, -0.2) is 60.2 Å². The number of nitrogens with zero attached hydrogens (tertiary/aromatic N) is 4. The van der Waals surface area contributed by atoms with Gasteiger partial charge >= 0.3 is 5.97 Å². The lowest BCUT2D eigenvalue weighted by Gasteiger charge is -2.38. The van der Waals surface area contributed by atoms with Gasteiger partial charge in [0.1, 0.15) is 11.5 Å². The van der Waals surface area contributed by atoms with Crippen LogP contribution in [0.3, 0.4) is 0 Å². The Bertz CT molecular complexity index is 1130. The highest BCUT2D eigenvalue weighted by molar-refractivity contribution is 8.14. The number of hydrogen-bond donors (Lipinski definition) is 1. The first-order valence-corrected chi connectivity index (χ1v) is 12.7. The van der Waals surface area contributed by atoms with Crippen molar-refractivity contribution in [1.29, 1.82) is 0 Å². The quantitative estimate of drug-likeness (QED) is 0.526. The summed E-state index contributed by atoms with van der Waals surface area (Å²) in [6, 6.07) is 5.78. The Morgan fingerprint density at radius 1 is 1.26 bits per heavy atom. The van der Waals surface area contributed by atoms with Gasteiger partial charge in [-0.25, -0.2) is 4.39 Å². The van der Waals surface area contributed by atoms with Crippen molar-refractivity contribution in [3.63, 3.8) is 0 Å². The summed E-state index contributed by atoms with van der Waals surface area (Å²) in [7, 11) is 0. The van der Waals surface area contributed by atoms with Gasteiger partial charge in [-0.2, -0.15) is 0 Å². The number of piperidine rings is 1. The average Bonchev–Trinajstić information content (AvgIpc) is 3.57. The summed E-state index contributed by atoms with van der Waals surface area (Å²) in [5, 5.41) is 17.0. The van der Waals surface area contributed by atoms with Gasteiger partial charge in [0.2, 0.25) is 0 Å². The summed E-state index contributed by atoms with van der Waals surface area (Å²) in [5.41, 5.74) is 1.92. The molecule has 10 heteroatoms. The van der Waals surface area contributed by atoms with Gasteiger partial charge in [0.15, 0.2) is 10.9 Å². The Morgan fingerprint density at radius 3 is 2.71 bits per heavy atom. The first-order chi connectivity index (χ1) is 16.8. The highest BCUT2D eigenvalue weighted by Gasteiger charge is 2.41. The van der Waals surface area contributed by atoms with Crippen molar-refractivity contribution in [2.45, 2.75) is 56.9 Å². The second kappa shape index (κ2) is 11.3. The molecule has 2 aliphatic rings. The molecule has 1 N–H and O–H groups in total. The summed E-state index contributed by atoms with van der Waals surface area (Å²) in [6.07, 6.45) is 6.45. The van der Waals surface area contributed by atoms with Crippen molar-refractivity contribution in [2.75, 3.05) is 13.1 Å². The molecule has 1 aromatic heterocycles. The number of aliphatic carboxylic acids is 1. The number of likely N-dealkylation sites (tertiary alicyclic amines) is 1. The summed E-state index contributed by atoms with van der Waals surface area (Å²) in [6.45, 7) is 2.95. The zero-order valence-corrected chi connectivity index (χ0v) is 20.4.